The smallest absolute Gasteiger partial charge is 0.250 e. The topological polar surface area (TPSA) is 104 Å². The van der Waals surface area contributed by atoms with Crippen LogP contribution in [0.5, 0.6) is 11.5 Å². The van der Waals surface area contributed by atoms with Crippen LogP contribution in [0.4, 0.5) is 0 Å². The average molecular weight is 427 g/mol. The molecule has 0 fully saturated rings. The van der Waals surface area contributed by atoms with Gasteiger partial charge in [-0.3, -0.25) is 4.79 Å². The molecule has 3 rings (SSSR count). The Morgan fingerprint density at radius 1 is 1.23 bits per heavy atom. The monoisotopic (exact) mass is 426 g/mol. The summed E-state index contributed by atoms with van der Waals surface area (Å²) in [7, 11) is 1.60. The highest BCUT2D eigenvalue weighted by molar-refractivity contribution is 7.99. The van der Waals surface area contributed by atoms with Gasteiger partial charge < -0.3 is 9.47 Å². The average Bonchev–Trinajstić information content (AvgIpc) is 3.22. The quantitative estimate of drug-likeness (QED) is 0.319. The lowest BCUT2D eigenvalue weighted by molar-refractivity contribution is -0.118. The van der Waals surface area contributed by atoms with Crippen molar-refractivity contribution in [2.75, 3.05) is 12.9 Å². The maximum Gasteiger partial charge on any atom is 0.250 e. The van der Waals surface area contributed by atoms with Crippen LogP contribution < -0.4 is 14.9 Å². The van der Waals surface area contributed by atoms with Crippen LogP contribution in [0.2, 0.25) is 0 Å². The molecule has 0 atom stereocenters. The molecule has 1 aromatic heterocycles. The zero-order valence-corrected chi connectivity index (χ0v) is 17.7. The Morgan fingerprint density at radius 2 is 2.00 bits per heavy atom. The minimum Gasteiger partial charge on any atom is -0.497 e. The SMILES string of the molecule is COc1ccc(-n2nnnc2SCC(=O)N/N=C\c2ccccc2OC(C)C)cc1. The number of hydrogen-bond acceptors (Lipinski definition) is 8. The molecule has 0 bridgehead atoms. The lowest BCUT2D eigenvalue weighted by Gasteiger charge is -2.11. The van der Waals surface area contributed by atoms with Gasteiger partial charge in [0.25, 0.3) is 5.91 Å². The number of tetrazole rings is 1. The maximum atomic E-state index is 12.2. The van der Waals surface area contributed by atoms with E-state index in [2.05, 4.69) is 26.1 Å². The van der Waals surface area contributed by atoms with Crippen LogP contribution in [-0.2, 0) is 4.79 Å². The van der Waals surface area contributed by atoms with Crippen LogP contribution in [0.3, 0.4) is 0 Å². The zero-order chi connectivity index (χ0) is 21.3. The number of benzene rings is 2. The molecular weight excluding hydrogens is 404 g/mol. The van der Waals surface area contributed by atoms with E-state index in [0.29, 0.717) is 10.9 Å². The van der Waals surface area contributed by atoms with Gasteiger partial charge in [-0.2, -0.15) is 9.78 Å². The van der Waals surface area contributed by atoms with Gasteiger partial charge in [-0.25, -0.2) is 5.43 Å². The molecule has 30 heavy (non-hydrogen) atoms. The van der Waals surface area contributed by atoms with Crippen LogP contribution in [-0.4, -0.2) is 51.3 Å². The standard InChI is InChI=1S/C20H22N6O3S/c1-14(2)29-18-7-5-4-6-15(18)12-21-22-19(27)13-30-20-23-24-25-26(20)16-8-10-17(28-3)11-9-16/h4-12,14H,13H2,1-3H3,(H,22,27)/b21-12-. The third-order valence-corrected chi connectivity index (χ3v) is 4.68. The molecule has 0 aliphatic carbocycles. The first-order valence-corrected chi connectivity index (χ1v) is 10.2. The number of methoxy groups -OCH3 is 1. The number of amides is 1. The summed E-state index contributed by atoms with van der Waals surface area (Å²) < 4.78 is 12.4. The van der Waals surface area contributed by atoms with E-state index in [1.807, 2.05) is 62.4 Å². The van der Waals surface area contributed by atoms with E-state index in [-0.39, 0.29) is 17.8 Å². The molecular formula is C20H22N6O3S. The van der Waals surface area contributed by atoms with Gasteiger partial charge in [0.2, 0.25) is 5.16 Å². The number of hydrazone groups is 1. The van der Waals surface area contributed by atoms with Gasteiger partial charge in [0.15, 0.2) is 0 Å². The molecule has 156 valence electrons. The molecule has 2 aromatic carbocycles. The second-order valence-corrected chi connectivity index (χ2v) is 7.30. The fourth-order valence-electron chi connectivity index (χ4n) is 2.44. The molecule has 0 aliphatic rings. The van der Waals surface area contributed by atoms with Crippen molar-refractivity contribution in [3.63, 3.8) is 0 Å². The van der Waals surface area contributed by atoms with Crippen LogP contribution in [0.25, 0.3) is 5.69 Å². The van der Waals surface area contributed by atoms with Crippen molar-refractivity contribution in [3.8, 4) is 17.2 Å². The molecule has 0 saturated heterocycles. The van der Waals surface area contributed by atoms with Gasteiger partial charge in [-0.1, -0.05) is 23.9 Å². The summed E-state index contributed by atoms with van der Waals surface area (Å²) in [6, 6.07) is 14.8. The van der Waals surface area contributed by atoms with Crippen LogP contribution in [0, 0.1) is 0 Å². The zero-order valence-electron chi connectivity index (χ0n) is 16.8. The normalized spacial score (nSPS) is 11.1. The molecule has 10 heteroatoms. The minimum absolute atomic E-state index is 0.0437. The van der Waals surface area contributed by atoms with Gasteiger partial charge in [-0.15, -0.1) is 5.10 Å². The van der Waals surface area contributed by atoms with Crippen molar-refractivity contribution >= 4 is 23.9 Å². The Balaban J connectivity index is 1.56. The number of nitrogens with one attached hydrogen (secondary N) is 1. The second-order valence-electron chi connectivity index (χ2n) is 6.36. The van der Waals surface area contributed by atoms with E-state index < -0.39 is 0 Å². The van der Waals surface area contributed by atoms with Crippen molar-refractivity contribution in [2.45, 2.75) is 25.1 Å². The van der Waals surface area contributed by atoms with Crippen molar-refractivity contribution < 1.29 is 14.3 Å². The number of hydrogen-bond donors (Lipinski definition) is 1. The number of ether oxygens (including phenoxy) is 2. The summed E-state index contributed by atoms with van der Waals surface area (Å²) in [5.74, 6) is 1.28. The molecule has 0 unspecified atom stereocenters. The molecule has 1 N–H and O–H groups in total. The largest absolute Gasteiger partial charge is 0.497 e. The number of thioether (sulfide) groups is 1. The summed E-state index contributed by atoms with van der Waals surface area (Å²) in [6.07, 6.45) is 1.60. The predicted octanol–water partition coefficient (Wildman–Crippen LogP) is 2.70. The van der Waals surface area contributed by atoms with Crippen molar-refractivity contribution in [1.29, 1.82) is 0 Å². The minimum atomic E-state index is -0.275. The number of nitrogens with zero attached hydrogens (tertiary/aromatic N) is 5. The fourth-order valence-corrected chi connectivity index (χ4v) is 3.12. The van der Waals surface area contributed by atoms with Crippen molar-refractivity contribution in [2.24, 2.45) is 5.10 Å². The summed E-state index contributed by atoms with van der Waals surface area (Å²) in [4.78, 5) is 12.2. The predicted molar refractivity (Wildman–Crippen MR) is 114 cm³/mol. The summed E-state index contributed by atoms with van der Waals surface area (Å²) in [5.41, 5.74) is 4.06. The summed E-state index contributed by atoms with van der Waals surface area (Å²) in [5, 5.41) is 16.2. The molecule has 1 heterocycles. The van der Waals surface area contributed by atoms with Crippen LogP contribution in [0.15, 0.2) is 58.8 Å². The number of rotatable bonds is 9. The Hall–Kier alpha value is -3.40. The van der Waals surface area contributed by atoms with Gasteiger partial charge >= 0.3 is 0 Å². The molecule has 3 aromatic rings. The highest BCUT2D eigenvalue weighted by Gasteiger charge is 2.11. The number of carbonyl (C=O) groups excluding carboxylic acids is 1. The highest BCUT2D eigenvalue weighted by Crippen LogP contribution is 2.20. The fraction of sp³-hybridized carbons (Fsp3) is 0.250. The molecule has 0 spiro atoms. The lowest BCUT2D eigenvalue weighted by Crippen LogP contribution is -2.20. The Morgan fingerprint density at radius 3 is 2.73 bits per heavy atom. The molecule has 0 radical (unpaired) electrons. The Labute approximate surface area is 178 Å². The van der Waals surface area contributed by atoms with Crippen LogP contribution >= 0.6 is 11.8 Å². The van der Waals surface area contributed by atoms with E-state index in [9.17, 15) is 4.79 Å². The Kier molecular flexibility index (Phi) is 7.39. The third kappa shape index (κ3) is 5.80. The van der Waals surface area contributed by atoms with E-state index in [1.54, 1.807) is 18.0 Å². The van der Waals surface area contributed by atoms with Gasteiger partial charge in [-0.05, 0) is 60.7 Å². The van der Waals surface area contributed by atoms with Crippen LogP contribution in [0.1, 0.15) is 19.4 Å². The van der Waals surface area contributed by atoms with E-state index in [1.165, 1.54) is 11.8 Å². The second kappa shape index (κ2) is 10.4. The maximum absolute atomic E-state index is 12.2. The molecule has 9 nitrogen and oxygen atoms in total. The van der Waals surface area contributed by atoms with E-state index >= 15 is 0 Å². The number of carbonyl (C=O) groups is 1. The summed E-state index contributed by atoms with van der Waals surface area (Å²) in [6.45, 7) is 3.90. The number of para-hydroxylation sites is 1. The lowest BCUT2D eigenvalue weighted by atomic mass is 10.2. The third-order valence-electron chi connectivity index (χ3n) is 3.76. The Bertz CT molecular complexity index is 1000. The van der Waals surface area contributed by atoms with E-state index in [4.69, 9.17) is 9.47 Å². The van der Waals surface area contributed by atoms with E-state index in [0.717, 1.165) is 17.0 Å². The van der Waals surface area contributed by atoms with Gasteiger partial charge in [0.05, 0.1) is 30.9 Å². The summed E-state index contributed by atoms with van der Waals surface area (Å²) >= 11 is 1.21. The first-order valence-electron chi connectivity index (χ1n) is 9.20. The first-order chi connectivity index (χ1) is 14.6. The molecule has 1 amide bonds. The first kappa shape index (κ1) is 21.3. The van der Waals surface area contributed by atoms with Crippen molar-refractivity contribution in [1.82, 2.24) is 25.6 Å². The molecule has 0 saturated carbocycles. The molecule has 0 aliphatic heterocycles. The highest BCUT2D eigenvalue weighted by atomic mass is 32.2. The van der Waals surface area contributed by atoms with Gasteiger partial charge in [0, 0.05) is 5.56 Å². The van der Waals surface area contributed by atoms with Crippen molar-refractivity contribution in [3.05, 3.63) is 54.1 Å². The number of aromatic nitrogens is 4. The van der Waals surface area contributed by atoms with Gasteiger partial charge in [0.1, 0.15) is 11.5 Å².